The molecule has 0 spiro atoms. The van der Waals surface area contributed by atoms with Crippen molar-refractivity contribution in [1.29, 1.82) is 0 Å². The van der Waals surface area contributed by atoms with Crippen molar-refractivity contribution in [2.75, 3.05) is 14.1 Å². The highest BCUT2D eigenvalue weighted by Gasteiger charge is 2.08. The molecule has 0 saturated heterocycles. The number of carbonyl (C=O) groups is 1. The van der Waals surface area contributed by atoms with Crippen LogP contribution in [-0.4, -0.2) is 32.1 Å². The number of hydrogen-bond donors (Lipinski definition) is 3. The van der Waals surface area contributed by atoms with Crippen LogP contribution < -0.4 is 20.7 Å². The maximum Gasteiger partial charge on any atom is 0.251 e. The van der Waals surface area contributed by atoms with Gasteiger partial charge in [-0.15, -0.1) is 24.0 Å². The number of carbonyl (C=O) groups excluding carboxylic acids is 1. The first-order valence-electron chi connectivity index (χ1n) is 9.44. The molecule has 0 aliphatic rings. The van der Waals surface area contributed by atoms with Crippen LogP contribution in [-0.2, 0) is 13.1 Å². The molecule has 0 radical (unpaired) electrons. The van der Waals surface area contributed by atoms with E-state index < -0.39 is 0 Å². The fourth-order valence-corrected chi connectivity index (χ4v) is 2.68. The van der Waals surface area contributed by atoms with Crippen molar-refractivity contribution in [3.63, 3.8) is 0 Å². The predicted molar refractivity (Wildman–Crippen MR) is 129 cm³/mol. The van der Waals surface area contributed by atoms with Gasteiger partial charge < -0.3 is 20.7 Å². The van der Waals surface area contributed by atoms with Crippen molar-refractivity contribution in [2.45, 2.75) is 40.0 Å². The number of nitrogens with zero attached hydrogens (tertiary/aromatic N) is 1. The van der Waals surface area contributed by atoms with E-state index in [0.29, 0.717) is 24.6 Å². The molecule has 2 aromatic carbocycles. The van der Waals surface area contributed by atoms with Gasteiger partial charge >= 0.3 is 0 Å². The third kappa shape index (κ3) is 7.92. The molecule has 0 saturated carbocycles. The third-order valence-electron chi connectivity index (χ3n) is 4.16. The fourth-order valence-electron chi connectivity index (χ4n) is 2.68. The minimum atomic E-state index is -0.0884. The lowest BCUT2D eigenvalue weighted by molar-refractivity contribution is 0.0963. The number of aliphatic imine (C=N–C) groups is 1. The van der Waals surface area contributed by atoms with Crippen molar-refractivity contribution >= 4 is 35.8 Å². The Morgan fingerprint density at radius 3 is 2.31 bits per heavy atom. The summed E-state index contributed by atoms with van der Waals surface area (Å²) in [6, 6.07) is 13.7. The third-order valence-corrected chi connectivity index (χ3v) is 4.16. The molecule has 3 N–H and O–H groups in total. The maximum absolute atomic E-state index is 11.6. The standard InChI is InChI=1S/C22H30N4O2.HI/c1-15(2)28-20-12-16(3)6-9-19(20)14-26-22(24-5)25-13-17-7-10-18(11-8-17)21(27)23-4;/h6-12,15H,13-14H2,1-5H3,(H,23,27)(H2,24,25,26);1H. The molecule has 158 valence electrons. The first kappa shape index (κ1) is 24.7. The van der Waals surface area contributed by atoms with Gasteiger partial charge in [-0.1, -0.05) is 24.3 Å². The molecule has 0 unspecified atom stereocenters. The molecule has 0 fully saturated rings. The molecule has 1 amide bonds. The summed E-state index contributed by atoms with van der Waals surface area (Å²) in [5.41, 5.74) is 3.96. The van der Waals surface area contributed by atoms with E-state index in [4.69, 9.17) is 4.74 Å². The van der Waals surface area contributed by atoms with Gasteiger partial charge in [0.05, 0.1) is 6.10 Å². The highest BCUT2D eigenvalue weighted by Crippen LogP contribution is 2.21. The van der Waals surface area contributed by atoms with Gasteiger partial charge in [0.1, 0.15) is 5.75 Å². The summed E-state index contributed by atoms with van der Waals surface area (Å²) in [5, 5.41) is 9.23. The van der Waals surface area contributed by atoms with E-state index in [1.54, 1.807) is 14.1 Å². The largest absolute Gasteiger partial charge is 0.491 e. The number of ether oxygens (including phenoxy) is 1. The van der Waals surface area contributed by atoms with Gasteiger partial charge in [0.15, 0.2) is 5.96 Å². The summed E-state index contributed by atoms with van der Waals surface area (Å²) < 4.78 is 5.93. The lowest BCUT2D eigenvalue weighted by atomic mass is 10.1. The predicted octanol–water partition coefficient (Wildman–Crippen LogP) is 3.63. The SMILES string of the molecule is CN=C(NCc1ccc(C(=O)NC)cc1)NCc1ccc(C)cc1OC(C)C.I. The number of halogens is 1. The second-order valence-electron chi connectivity index (χ2n) is 6.83. The summed E-state index contributed by atoms with van der Waals surface area (Å²) >= 11 is 0. The van der Waals surface area contributed by atoms with E-state index in [1.807, 2.05) is 38.1 Å². The zero-order chi connectivity index (χ0) is 20.5. The zero-order valence-corrected chi connectivity index (χ0v) is 20.0. The Labute approximate surface area is 190 Å². The topological polar surface area (TPSA) is 74.8 Å². The van der Waals surface area contributed by atoms with E-state index in [1.165, 1.54) is 5.56 Å². The Morgan fingerprint density at radius 1 is 1.07 bits per heavy atom. The van der Waals surface area contributed by atoms with Crippen LogP contribution >= 0.6 is 24.0 Å². The second kappa shape index (κ2) is 12.3. The summed E-state index contributed by atoms with van der Waals surface area (Å²) in [6.07, 6.45) is 0.121. The Bertz CT molecular complexity index is 820. The summed E-state index contributed by atoms with van der Waals surface area (Å²) in [7, 11) is 3.36. The molecule has 29 heavy (non-hydrogen) atoms. The van der Waals surface area contributed by atoms with Crippen LogP contribution in [0.3, 0.4) is 0 Å². The van der Waals surface area contributed by atoms with Crippen LogP contribution in [0.5, 0.6) is 5.75 Å². The Balaban J connectivity index is 0.00000420. The number of benzene rings is 2. The molecule has 0 aliphatic heterocycles. The van der Waals surface area contributed by atoms with Gasteiger partial charge in [0.2, 0.25) is 0 Å². The van der Waals surface area contributed by atoms with E-state index >= 15 is 0 Å². The number of nitrogens with one attached hydrogen (secondary N) is 3. The minimum absolute atomic E-state index is 0. The molecule has 6 nitrogen and oxygen atoms in total. The number of guanidine groups is 1. The zero-order valence-electron chi connectivity index (χ0n) is 17.7. The first-order chi connectivity index (χ1) is 13.4. The average molecular weight is 510 g/mol. The van der Waals surface area contributed by atoms with Gasteiger partial charge in [-0.3, -0.25) is 9.79 Å². The quantitative estimate of drug-likeness (QED) is 0.302. The minimum Gasteiger partial charge on any atom is -0.491 e. The normalized spacial score (nSPS) is 10.9. The van der Waals surface area contributed by atoms with Crippen LogP contribution in [0.2, 0.25) is 0 Å². The van der Waals surface area contributed by atoms with E-state index in [0.717, 1.165) is 16.9 Å². The molecule has 0 heterocycles. The van der Waals surface area contributed by atoms with E-state index in [2.05, 4.69) is 46.1 Å². The first-order valence-corrected chi connectivity index (χ1v) is 9.44. The van der Waals surface area contributed by atoms with Gasteiger partial charge in [0.25, 0.3) is 5.91 Å². The molecule has 0 bridgehead atoms. The van der Waals surface area contributed by atoms with Crippen LogP contribution in [0.25, 0.3) is 0 Å². The van der Waals surface area contributed by atoms with Crippen molar-refractivity contribution < 1.29 is 9.53 Å². The average Bonchev–Trinajstić information content (AvgIpc) is 2.68. The summed E-state index contributed by atoms with van der Waals surface area (Å²) in [5.74, 6) is 1.50. The van der Waals surface area contributed by atoms with Crippen LogP contribution in [0.1, 0.15) is 40.9 Å². The molecule has 7 heteroatoms. The Morgan fingerprint density at radius 2 is 1.72 bits per heavy atom. The number of aryl methyl sites for hydroxylation is 1. The fraction of sp³-hybridized carbons (Fsp3) is 0.364. The van der Waals surface area contributed by atoms with E-state index in [9.17, 15) is 4.79 Å². The molecule has 0 atom stereocenters. The molecular formula is C22H31IN4O2. The van der Waals surface area contributed by atoms with Crippen LogP contribution in [0.4, 0.5) is 0 Å². The molecule has 0 aliphatic carbocycles. The highest BCUT2D eigenvalue weighted by atomic mass is 127. The monoisotopic (exact) mass is 510 g/mol. The van der Waals surface area contributed by atoms with Gasteiger partial charge in [-0.2, -0.15) is 0 Å². The van der Waals surface area contributed by atoms with Gasteiger partial charge in [0, 0.05) is 38.3 Å². The second-order valence-corrected chi connectivity index (χ2v) is 6.83. The summed E-state index contributed by atoms with van der Waals surface area (Å²) in [6.45, 7) is 7.32. The number of rotatable bonds is 7. The van der Waals surface area contributed by atoms with Crippen molar-refractivity contribution in [3.8, 4) is 5.75 Å². The smallest absolute Gasteiger partial charge is 0.251 e. The van der Waals surface area contributed by atoms with Gasteiger partial charge in [-0.25, -0.2) is 0 Å². The molecular weight excluding hydrogens is 479 g/mol. The Kier molecular flexibility index (Phi) is 10.5. The van der Waals surface area contributed by atoms with Crippen molar-refractivity contribution in [1.82, 2.24) is 16.0 Å². The molecule has 2 rings (SSSR count). The van der Waals surface area contributed by atoms with Gasteiger partial charge in [-0.05, 0) is 50.1 Å². The van der Waals surface area contributed by atoms with Crippen LogP contribution in [0.15, 0.2) is 47.5 Å². The van der Waals surface area contributed by atoms with Crippen LogP contribution in [0, 0.1) is 6.92 Å². The van der Waals surface area contributed by atoms with E-state index in [-0.39, 0.29) is 36.0 Å². The number of hydrogen-bond acceptors (Lipinski definition) is 3. The van der Waals surface area contributed by atoms with Crippen molar-refractivity contribution in [3.05, 3.63) is 64.7 Å². The lowest BCUT2D eigenvalue weighted by Crippen LogP contribution is -2.36. The lowest BCUT2D eigenvalue weighted by Gasteiger charge is -2.17. The highest BCUT2D eigenvalue weighted by molar-refractivity contribution is 14.0. The Hall–Kier alpha value is -2.29. The number of amides is 1. The van der Waals surface area contributed by atoms with Crippen molar-refractivity contribution in [2.24, 2.45) is 4.99 Å². The summed E-state index contributed by atoms with van der Waals surface area (Å²) in [4.78, 5) is 15.9. The molecule has 0 aromatic heterocycles. The maximum atomic E-state index is 11.6. The molecule has 2 aromatic rings.